The smallest absolute Gasteiger partial charge is 0.329 e. The Morgan fingerprint density at radius 2 is 1.68 bits per heavy atom. The predicted octanol–water partition coefficient (Wildman–Crippen LogP) is 1.78. The predicted molar refractivity (Wildman–Crippen MR) is 83.8 cm³/mol. The average Bonchev–Trinajstić information content (AvgIpc) is 2.56. The number of anilines is 1. The quantitative estimate of drug-likeness (QED) is 0.513. The number of nitrogens with one attached hydrogen (secondary N) is 2. The van der Waals surface area contributed by atoms with E-state index in [2.05, 4.69) is 15.8 Å². The van der Waals surface area contributed by atoms with E-state index in [1.165, 1.54) is 13.3 Å². The average molecular weight is 297 g/mol. The first-order valence-electron chi connectivity index (χ1n) is 6.53. The molecule has 6 nitrogen and oxygen atoms in total. The second-order valence-corrected chi connectivity index (χ2v) is 4.26. The largest absolute Gasteiger partial charge is 0.495 e. The van der Waals surface area contributed by atoms with Gasteiger partial charge < -0.3 is 10.1 Å². The first-order chi connectivity index (χ1) is 10.7. The molecule has 22 heavy (non-hydrogen) atoms. The van der Waals surface area contributed by atoms with Gasteiger partial charge in [0, 0.05) is 0 Å². The molecule has 0 heterocycles. The van der Waals surface area contributed by atoms with E-state index in [0.717, 1.165) is 5.56 Å². The van der Waals surface area contributed by atoms with Gasteiger partial charge in [-0.2, -0.15) is 5.10 Å². The van der Waals surface area contributed by atoms with Gasteiger partial charge in [0.15, 0.2) is 0 Å². The number of methoxy groups -OCH3 is 1. The molecule has 0 aliphatic heterocycles. The second kappa shape index (κ2) is 7.58. The molecule has 0 bridgehead atoms. The van der Waals surface area contributed by atoms with Crippen LogP contribution in [0, 0.1) is 0 Å². The fraction of sp³-hybridized carbons (Fsp3) is 0.0625. The van der Waals surface area contributed by atoms with Crippen molar-refractivity contribution < 1.29 is 14.3 Å². The summed E-state index contributed by atoms with van der Waals surface area (Å²) < 4.78 is 5.09. The Balaban J connectivity index is 1.92. The molecule has 2 rings (SSSR count). The number of ether oxygens (including phenoxy) is 1. The van der Waals surface area contributed by atoms with Crippen LogP contribution in [0.4, 0.5) is 5.69 Å². The molecule has 0 spiro atoms. The Bertz CT molecular complexity index is 684. The van der Waals surface area contributed by atoms with Gasteiger partial charge in [-0.25, -0.2) is 5.43 Å². The van der Waals surface area contributed by atoms with E-state index >= 15 is 0 Å². The highest BCUT2D eigenvalue weighted by atomic mass is 16.5. The number of amides is 2. The number of hydrogen-bond acceptors (Lipinski definition) is 4. The van der Waals surface area contributed by atoms with Crippen LogP contribution in [0.1, 0.15) is 5.56 Å². The van der Waals surface area contributed by atoms with Crippen molar-refractivity contribution in [3.63, 3.8) is 0 Å². The van der Waals surface area contributed by atoms with E-state index < -0.39 is 11.8 Å². The Morgan fingerprint density at radius 3 is 2.41 bits per heavy atom. The van der Waals surface area contributed by atoms with Crippen molar-refractivity contribution in [1.82, 2.24) is 5.43 Å². The lowest BCUT2D eigenvalue weighted by Crippen LogP contribution is -2.32. The third-order valence-electron chi connectivity index (χ3n) is 2.74. The minimum atomic E-state index is -0.863. The van der Waals surface area contributed by atoms with E-state index in [1.54, 1.807) is 24.3 Å². The van der Waals surface area contributed by atoms with Crippen molar-refractivity contribution in [3.8, 4) is 5.75 Å². The summed E-state index contributed by atoms with van der Waals surface area (Å²) in [6.45, 7) is 0. The molecule has 0 aliphatic carbocycles. The van der Waals surface area contributed by atoms with Crippen molar-refractivity contribution >= 4 is 23.7 Å². The lowest BCUT2D eigenvalue weighted by atomic mass is 10.2. The van der Waals surface area contributed by atoms with Crippen LogP contribution >= 0.6 is 0 Å². The van der Waals surface area contributed by atoms with Gasteiger partial charge in [0.25, 0.3) is 0 Å². The highest BCUT2D eigenvalue weighted by Gasteiger charge is 2.14. The molecule has 0 atom stereocenters. The lowest BCUT2D eigenvalue weighted by molar-refractivity contribution is -0.136. The van der Waals surface area contributed by atoms with Crippen LogP contribution in [0.3, 0.4) is 0 Å². The number of hydrogen-bond donors (Lipinski definition) is 2. The van der Waals surface area contributed by atoms with Gasteiger partial charge in [-0.1, -0.05) is 42.5 Å². The Morgan fingerprint density at radius 1 is 1.00 bits per heavy atom. The Labute approximate surface area is 127 Å². The minimum Gasteiger partial charge on any atom is -0.495 e. The Kier molecular flexibility index (Phi) is 5.25. The van der Waals surface area contributed by atoms with Crippen LogP contribution in [0.25, 0.3) is 0 Å². The fourth-order valence-corrected chi connectivity index (χ4v) is 1.68. The maximum absolute atomic E-state index is 11.8. The van der Waals surface area contributed by atoms with E-state index in [1.807, 2.05) is 30.3 Å². The van der Waals surface area contributed by atoms with Gasteiger partial charge in [-0.15, -0.1) is 0 Å². The van der Waals surface area contributed by atoms with E-state index in [9.17, 15) is 9.59 Å². The van der Waals surface area contributed by atoms with Crippen molar-refractivity contribution in [2.24, 2.45) is 5.10 Å². The van der Waals surface area contributed by atoms with Crippen LogP contribution in [0.5, 0.6) is 5.75 Å². The molecule has 0 saturated heterocycles. The van der Waals surface area contributed by atoms with Crippen LogP contribution in [-0.2, 0) is 9.59 Å². The lowest BCUT2D eigenvalue weighted by Gasteiger charge is -2.08. The molecule has 0 unspecified atom stereocenters. The topological polar surface area (TPSA) is 79.8 Å². The molecule has 2 N–H and O–H groups in total. The molecule has 0 fully saturated rings. The molecule has 2 aromatic rings. The zero-order valence-corrected chi connectivity index (χ0v) is 11.9. The number of rotatable bonds is 4. The molecule has 0 saturated carbocycles. The summed E-state index contributed by atoms with van der Waals surface area (Å²) in [4.78, 5) is 23.4. The monoisotopic (exact) mass is 297 g/mol. The van der Waals surface area contributed by atoms with Gasteiger partial charge in [-0.05, 0) is 17.7 Å². The minimum absolute atomic E-state index is 0.414. The third-order valence-corrected chi connectivity index (χ3v) is 2.74. The summed E-state index contributed by atoms with van der Waals surface area (Å²) in [5.74, 6) is -1.22. The molecule has 0 aromatic heterocycles. The highest BCUT2D eigenvalue weighted by molar-refractivity contribution is 6.39. The number of para-hydroxylation sites is 2. The van der Waals surface area contributed by atoms with Gasteiger partial charge in [-0.3, -0.25) is 9.59 Å². The summed E-state index contributed by atoms with van der Waals surface area (Å²) >= 11 is 0. The molecule has 0 aliphatic rings. The number of carbonyl (C=O) groups excluding carboxylic acids is 2. The maximum Gasteiger partial charge on any atom is 0.329 e. The molecule has 2 aromatic carbocycles. The second-order valence-electron chi connectivity index (χ2n) is 4.26. The summed E-state index contributed by atoms with van der Waals surface area (Å²) in [6.07, 6.45) is 1.45. The first-order valence-corrected chi connectivity index (χ1v) is 6.53. The van der Waals surface area contributed by atoms with Crippen molar-refractivity contribution in [2.45, 2.75) is 0 Å². The van der Waals surface area contributed by atoms with Gasteiger partial charge in [0.2, 0.25) is 0 Å². The van der Waals surface area contributed by atoms with E-state index in [4.69, 9.17) is 4.74 Å². The zero-order chi connectivity index (χ0) is 15.8. The normalized spacial score (nSPS) is 10.2. The third kappa shape index (κ3) is 4.17. The van der Waals surface area contributed by atoms with Crippen LogP contribution in [-0.4, -0.2) is 25.1 Å². The first kappa shape index (κ1) is 15.2. The summed E-state index contributed by atoms with van der Waals surface area (Å²) in [5, 5.41) is 6.19. The van der Waals surface area contributed by atoms with E-state index in [-0.39, 0.29) is 0 Å². The molecule has 6 heteroatoms. The van der Waals surface area contributed by atoms with Crippen molar-refractivity contribution in [2.75, 3.05) is 12.4 Å². The number of nitrogens with zero attached hydrogens (tertiary/aromatic N) is 1. The molecule has 0 radical (unpaired) electrons. The van der Waals surface area contributed by atoms with Crippen molar-refractivity contribution in [1.29, 1.82) is 0 Å². The zero-order valence-electron chi connectivity index (χ0n) is 11.9. The molecular formula is C16H15N3O3. The summed E-state index contributed by atoms with van der Waals surface area (Å²) in [5.41, 5.74) is 3.39. The standard InChI is InChI=1S/C16H15N3O3/c1-22-14-10-6-5-9-13(14)18-15(20)16(21)19-17-11-12-7-3-2-4-8-12/h2-11H,1H3,(H,18,20)(H,19,21). The molecular weight excluding hydrogens is 282 g/mol. The van der Waals surface area contributed by atoms with E-state index in [0.29, 0.717) is 11.4 Å². The van der Waals surface area contributed by atoms with Gasteiger partial charge in [0.05, 0.1) is 19.0 Å². The molecule has 112 valence electrons. The van der Waals surface area contributed by atoms with Crippen LogP contribution in [0.2, 0.25) is 0 Å². The van der Waals surface area contributed by atoms with Crippen LogP contribution < -0.4 is 15.5 Å². The number of benzene rings is 2. The van der Waals surface area contributed by atoms with Gasteiger partial charge >= 0.3 is 11.8 Å². The number of carbonyl (C=O) groups is 2. The molecule has 2 amide bonds. The maximum atomic E-state index is 11.8. The van der Waals surface area contributed by atoms with Crippen molar-refractivity contribution in [3.05, 3.63) is 60.2 Å². The SMILES string of the molecule is COc1ccccc1NC(=O)C(=O)NN=Cc1ccccc1. The van der Waals surface area contributed by atoms with Gasteiger partial charge in [0.1, 0.15) is 5.75 Å². The highest BCUT2D eigenvalue weighted by Crippen LogP contribution is 2.22. The number of hydrazone groups is 1. The fourth-order valence-electron chi connectivity index (χ4n) is 1.68. The van der Waals surface area contributed by atoms with Crippen LogP contribution in [0.15, 0.2) is 59.7 Å². The summed E-state index contributed by atoms with van der Waals surface area (Å²) in [6, 6.07) is 16.0. The Hall–Kier alpha value is -3.15. The summed E-state index contributed by atoms with van der Waals surface area (Å²) in [7, 11) is 1.48.